The molecule has 132 valence electrons. The van der Waals surface area contributed by atoms with E-state index in [1.807, 2.05) is 0 Å². The van der Waals surface area contributed by atoms with Gasteiger partial charge in [0, 0.05) is 13.1 Å². The number of carbonyl (C=O) groups is 2. The van der Waals surface area contributed by atoms with Gasteiger partial charge in [-0.15, -0.1) is 0 Å². The number of hydrogen-bond donors (Lipinski definition) is 1. The van der Waals surface area contributed by atoms with Crippen LogP contribution in [0.1, 0.15) is 29.6 Å². The highest BCUT2D eigenvalue weighted by Crippen LogP contribution is 2.30. The van der Waals surface area contributed by atoms with Crippen LogP contribution < -0.4 is 4.18 Å². The SMILES string of the molecule is O=C(O)c1ccccc1OS(=O)(=O)C(F)(F)C(=O)N1CCCCC1. The minimum atomic E-state index is -5.71. The van der Waals surface area contributed by atoms with E-state index in [1.165, 1.54) is 12.1 Å². The van der Waals surface area contributed by atoms with E-state index >= 15 is 0 Å². The number of benzene rings is 1. The average Bonchev–Trinajstić information content (AvgIpc) is 2.54. The molecule has 0 radical (unpaired) electrons. The van der Waals surface area contributed by atoms with E-state index in [1.54, 1.807) is 0 Å². The number of rotatable bonds is 5. The summed E-state index contributed by atoms with van der Waals surface area (Å²) in [5, 5.41) is 4.13. The van der Waals surface area contributed by atoms with Crippen molar-refractivity contribution in [2.45, 2.75) is 24.5 Å². The van der Waals surface area contributed by atoms with Crippen molar-refractivity contribution in [3.05, 3.63) is 29.8 Å². The van der Waals surface area contributed by atoms with Crippen LogP contribution in [0, 0.1) is 0 Å². The van der Waals surface area contributed by atoms with E-state index in [0.29, 0.717) is 12.8 Å². The normalized spacial score (nSPS) is 15.8. The van der Waals surface area contributed by atoms with Crippen molar-refractivity contribution in [3.63, 3.8) is 0 Å². The lowest BCUT2D eigenvalue weighted by Crippen LogP contribution is -2.51. The van der Waals surface area contributed by atoms with Crippen molar-refractivity contribution in [2.24, 2.45) is 0 Å². The maximum atomic E-state index is 14.1. The number of carboxylic acid groups (broad SMARTS) is 1. The number of hydrogen-bond acceptors (Lipinski definition) is 5. The van der Waals surface area contributed by atoms with Gasteiger partial charge in [-0.1, -0.05) is 12.1 Å². The third kappa shape index (κ3) is 3.48. The largest absolute Gasteiger partial charge is 0.478 e. The van der Waals surface area contributed by atoms with E-state index in [2.05, 4.69) is 4.18 Å². The maximum absolute atomic E-state index is 14.1. The molecule has 0 bridgehead atoms. The molecule has 0 saturated carbocycles. The molecule has 0 spiro atoms. The first-order valence-electron chi connectivity index (χ1n) is 7.10. The van der Waals surface area contributed by atoms with Crippen LogP contribution >= 0.6 is 0 Å². The van der Waals surface area contributed by atoms with Gasteiger partial charge in [0.2, 0.25) is 0 Å². The molecule has 0 atom stereocenters. The molecule has 10 heteroatoms. The van der Waals surface area contributed by atoms with Crippen LogP contribution in [0.2, 0.25) is 0 Å². The Kier molecular flexibility index (Phi) is 5.07. The zero-order chi connectivity index (χ0) is 18.0. The molecule has 1 fully saturated rings. The van der Waals surface area contributed by atoms with Crippen molar-refractivity contribution >= 4 is 22.0 Å². The molecular formula is C14H15F2NO6S. The Bertz CT molecular complexity index is 743. The number of aromatic carboxylic acids is 1. The van der Waals surface area contributed by atoms with Crippen LogP contribution in [0.15, 0.2) is 24.3 Å². The lowest BCUT2D eigenvalue weighted by atomic mass is 10.1. The summed E-state index contributed by atoms with van der Waals surface area (Å²) in [4.78, 5) is 23.6. The monoisotopic (exact) mass is 363 g/mol. The molecule has 0 aromatic heterocycles. The fourth-order valence-electron chi connectivity index (χ4n) is 2.27. The van der Waals surface area contributed by atoms with Crippen LogP contribution in [-0.4, -0.2) is 48.6 Å². The quantitative estimate of drug-likeness (QED) is 0.799. The second-order valence-electron chi connectivity index (χ2n) is 5.21. The van der Waals surface area contributed by atoms with Gasteiger partial charge in [0.25, 0.3) is 0 Å². The number of carboxylic acids is 1. The van der Waals surface area contributed by atoms with Crippen molar-refractivity contribution in [1.29, 1.82) is 0 Å². The van der Waals surface area contributed by atoms with Gasteiger partial charge in [-0.05, 0) is 31.4 Å². The third-order valence-corrected chi connectivity index (χ3v) is 4.72. The Labute approximate surface area is 137 Å². The van der Waals surface area contributed by atoms with Crippen LogP contribution in [0.3, 0.4) is 0 Å². The molecular weight excluding hydrogens is 348 g/mol. The molecule has 1 amide bonds. The summed E-state index contributed by atoms with van der Waals surface area (Å²) in [6.07, 6.45) is 1.78. The second-order valence-corrected chi connectivity index (χ2v) is 6.80. The second kappa shape index (κ2) is 6.71. The number of alkyl halides is 2. The van der Waals surface area contributed by atoms with Crippen LogP contribution in [0.4, 0.5) is 8.78 Å². The molecule has 0 aliphatic carbocycles. The van der Waals surface area contributed by atoms with E-state index in [9.17, 15) is 26.8 Å². The minimum Gasteiger partial charge on any atom is -0.478 e. The Hall–Kier alpha value is -2.23. The highest BCUT2D eigenvalue weighted by atomic mass is 32.2. The molecule has 1 aromatic carbocycles. The summed E-state index contributed by atoms with van der Waals surface area (Å²) in [6.45, 7) is 0.0747. The predicted molar refractivity (Wildman–Crippen MR) is 78.3 cm³/mol. The van der Waals surface area contributed by atoms with Gasteiger partial charge in [-0.2, -0.15) is 17.2 Å². The summed E-state index contributed by atoms with van der Waals surface area (Å²) in [6, 6.07) is 4.42. The van der Waals surface area contributed by atoms with Crippen LogP contribution in [0.25, 0.3) is 0 Å². The topological polar surface area (TPSA) is 101 Å². The highest BCUT2D eigenvalue weighted by molar-refractivity contribution is 7.89. The zero-order valence-corrected chi connectivity index (χ0v) is 13.3. The molecule has 1 aliphatic heterocycles. The van der Waals surface area contributed by atoms with Gasteiger partial charge in [0.15, 0.2) is 5.75 Å². The lowest BCUT2D eigenvalue weighted by Gasteiger charge is -2.29. The van der Waals surface area contributed by atoms with Crippen LogP contribution in [-0.2, 0) is 14.9 Å². The smallest absolute Gasteiger partial charge is 0.458 e. The molecule has 1 saturated heterocycles. The van der Waals surface area contributed by atoms with Crippen molar-refractivity contribution < 1.29 is 36.1 Å². The van der Waals surface area contributed by atoms with E-state index in [-0.39, 0.29) is 13.1 Å². The lowest BCUT2D eigenvalue weighted by molar-refractivity contribution is -0.148. The summed E-state index contributed by atoms with van der Waals surface area (Å²) in [5.74, 6) is -4.20. The van der Waals surface area contributed by atoms with Crippen molar-refractivity contribution in [2.75, 3.05) is 13.1 Å². The van der Waals surface area contributed by atoms with E-state index < -0.39 is 38.6 Å². The number of carbonyl (C=O) groups excluding carboxylic acids is 1. The number of piperidine rings is 1. The Morgan fingerprint density at radius 2 is 1.71 bits per heavy atom. The predicted octanol–water partition coefficient (Wildman–Crippen LogP) is 1.70. The van der Waals surface area contributed by atoms with Gasteiger partial charge in [0.05, 0.1) is 0 Å². The fourth-order valence-corrected chi connectivity index (χ4v) is 3.10. The Balaban J connectivity index is 2.28. The molecule has 1 N–H and O–H groups in total. The number of amides is 1. The zero-order valence-electron chi connectivity index (χ0n) is 12.4. The van der Waals surface area contributed by atoms with Gasteiger partial charge in [-0.3, -0.25) is 4.79 Å². The number of likely N-dealkylation sites (tertiary alicyclic amines) is 1. The maximum Gasteiger partial charge on any atom is 0.458 e. The van der Waals surface area contributed by atoms with E-state index in [4.69, 9.17) is 5.11 Å². The van der Waals surface area contributed by atoms with Gasteiger partial charge >= 0.3 is 27.2 Å². The summed E-state index contributed by atoms with van der Waals surface area (Å²) >= 11 is 0. The van der Waals surface area contributed by atoms with Gasteiger partial charge in [0.1, 0.15) is 5.56 Å². The van der Waals surface area contributed by atoms with Crippen molar-refractivity contribution in [1.82, 2.24) is 4.90 Å². The molecule has 7 nitrogen and oxygen atoms in total. The standard InChI is InChI=1S/C14H15F2NO6S/c15-14(16,13(20)17-8-4-1-5-9-17)24(21,22)23-11-7-3-2-6-10(11)12(18)19/h2-3,6-7H,1,4-5,8-9H2,(H,18,19). The first-order valence-corrected chi connectivity index (χ1v) is 8.51. The van der Waals surface area contributed by atoms with Crippen LogP contribution in [0.5, 0.6) is 5.75 Å². The molecule has 24 heavy (non-hydrogen) atoms. The summed E-state index contributed by atoms with van der Waals surface area (Å²) in [5.41, 5.74) is -0.609. The molecule has 1 aliphatic rings. The third-order valence-electron chi connectivity index (χ3n) is 3.52. The number of nitrogens with zero attached hydrogens (tertiary/aromatic N) is 1. The van der Waals surface area contributed by atoms with Crippen molar-refractivity contribution in [3.8, 4) is 5.75 Å². The summed E-state index contributed by atoms with van der Waals surface area (Å²) in [7, 11) is -5.71. The average molecular weight is 363 g/mol. The molecule has 1 aromatic rings. The van der Waals surface area contributed by atoms with Gasteiger partial charge in [-0.25, -0.2) is 4.79 Å². The number of para-hydroxylation sites is 1. The highest BCUT2D eigenvalue weighted by Gasteiger charge is 2.57. The summed E-state index contributed by atoms with van der Waals surface area (Å²) < 4.78 is 56.3. The van der Waals surface area contributed by atoms with E-state index in [0.717, 1.165) is 23.5 Å². The minimum absolute atomic E-state index is 0.0374. The molecule has 2 rings (SSSR count). The molecule has 0 unspecified atom stereocenters. The first kappa shape index (κ1) is 18.1. The number of halogens is 2. The first-order chi connectivity index (χ1) is 11.2. The van der Waals surface area contributed by atoms with Gasteiger partial charge < -0.3 is 14.2 Å². The Morgan fingerprint density at radius 3 is 2.29 bits per heavy atom. The molecule has 1 heterocycles. The fraction of sp³-hybridized carbons (Fsp3) is 0.429. The Morgan fingerprint density at radius 1 is 1.12 bits per heavy atom.